The summed E-state index contributed by atoms with van der Waals surface area (Å²) in [6, 6.07) is 9.68. The molecule has 0 spiro atoms. The molecule has 1 atom stereocenters. The summed E-state index contributed by atoms with van der Waals surface area (Å²) in [5.41, 5.74) is 2.15. The van der Waals surface area contributed by atoms with Gasteiger partial charge in [0.25, 0.3) is 0 Å². The van der Waals surface area contributed by atoms with Crippen molar-refractivity contribution in [3.8, 4) is 5.75 Å². The summed E-state index contributed by atoms with van der Waals surface area (Å²) in [6.45, 7) is 5.59. The highest BCUT2D eigenvalue weighted by Crippen LogP contribution is 2.27. The van der Waals surface area contributed by atoms with E-state index in [2.05, 4.69) is 30.4 Å². The molecule has 37 heavy (non-hydrogen) atoms. The fourth-order valence-electron chi connectivity index (χ4n) is 4.23. The highest BCUT2D eigenvalue weighted by atomic mass is 16.4. The van der Waals surface area contributed by atoms with E-state index >= 15 is 0 Å². The van der Waals surface area contributed by atoms with Gasteiger partial charge in [-0.15, -0.1) is 0 Å². The zero-order chi connectivity index (χ0) is 27.1. The number of ketones is 1. The van der Waals surface area contributed by atoms with Gasteiger partial charge in [-0.05, 0) is 68.0 Å². The van der Waals surface area contributed by atoms with Gasteiger partial charge in [-0.2, -0.15) is 0 Å². The molecule has 0 aliphatic carbocycles. The van der Waals surface area contributed by atoms with E-state index < -0.39 is 28.8 Å². The number of aromatic hydroxyl groups is 1. The number of nitrogens with zero attached hydrogens (tertiary/aromatic N) is 1. The summed E-state index contributed by atoms with van der Waals surface area (Å²) in [4.78, 5) is 36.2. The van der Waals surface area contributed by atoms with Crippen LogP contribution in [0.15, 0.2) is 57.4 Å². The maximum absolute atomic E-state index is 13.1. The molecule has 3 rings (SSSR count). The molecule has 0 radical (unpaired) electrons. The molecule has 1 amide bonds. The van der Waals surface area contributed by atoms with E-state index in [1.807, 2.05) is 24.6 Å². The molecule has 0 aliphatic rings. The Kier molecular flexibility index (Phi) is 9.11. The number of hydrogen-bond acceptors (Lipinski definition) is 5. The third kappa shape index (κ3) is 6.78. The monoisotopic (exact) mass is 506 g/mol. The molecular weight excluding hydrogens is 472 g/mol. The minimum Gasteiger partial charge on any atom is -0.507 e. The van der Waals surface area contributed by atoms with Crippen LogP contribution < -0.4 is 10.9 Å². The first-order valence-electron chi connectivity index (χ1n) is 12.4. The van der Waals surface area contributed by atoms with Crippen molar-refractivity contribution in [2.24, 2.45) is 7.05 Å². The predicted molar refractivity (Wildman–Crippen MR) is 144 cm³/mol. The standard InChI is InChI=1S/C29H34N2O6/c1-5-6-10-20-11-12-23-21(15-20)16-22(31(23)4)14-19(3)27(33)26-24(32)17-25(37-28(26)34)18(2)9-7-8-13-30-29(35)36/h8,11-18,30,32H,5-7,9-10H2,1-4H3,(H,35,36). The second-order valence-electron chi connectivity index (χ2n) is 9.31. The number of Topliss-reactive ketones (excluding diaryl/α,β-unsaturated/α-hetero) is 1. The van der Waals surface area contributed by atoms with Crippen molar-refractivity contribution in [3.63, 3.8) is 0 Å². The van der Waals surface area contributed by atoms with E-state index in [4.69, 9.17) is 9.52 Å². The minimum absolute atomic E-state index is 0.230. The number of unbranched alkanes of at least 4 members (excludes halogenated alkanes) is 1. The summed E-state index contributed by atoms with van der Waals surface area (Å²) >= 11 is 0. The smallest absolute Gasteiger partial charge is 0.408 e. The van der Waals surface area contributed by atoms with Gasteiger partial charge in [0, 0.05) is 41.8 Å². The number of allylic oxidation sites excluding steroid dienone is 2. The third-order valence-electron chi connectivity index (χ3n) is 6.44. The molecular formula is C29H34N2O6. The van der Waals surface area contributed by atoms with Gasteiger partial charge in [0.05, 0.1) is 0 Å². The van der Waals surface area contributed by atoms with Crippen LogP contribution >= 0.6 is 0 Å². The highest BCUT2D eigenvalue weighted by Gasteiger charge is 2.22. The van der Waals surface area contributed by atoms with Crippen LogP contribution in [0, 0.1) is 0 Å². The van der Waals surface area contributed by atoms with Gasteiger partial charge in [-0.25, -0.2) is 9.59 Å². The summed E-state index contributed by atoms with van der Waals surface area (Å²) in [7, 11) is 1.92. The number of carbonyl (C=O) groups excluding carboxylic acids is 1. The molecule has 2 aromatic heterocycles. The van der Waals surface area contributed by atoms with Crippen molar-refractivity contribution in [1.29, 1.82) is 0 Å². The summed E-state index contributed by atoms with van der Waals surface area (Å²) in [5.74, 6) is -0.988. The summed E-state index contributed by atoms with van der Waals surface area (Å²) in [5, 5.41) is 22.3. The van der Waals surface area contributed by atoms with Crippen molar-refractivity contribution in [2.45, 2.75) is 58.8 Å². The maximum Gasteiger partial charge on any atom is 0.408 e. The highest BCUT2D eigenvalue weighted by molar-refractivity contribution is 6.12. The Balaban J connectivity index is 1.80. The van der Waals surface area contributed by atoms with Gasteiger partial charge in [-0.3, -0.25) is 10.1 Å². The van der Waals surface area contributed by atoms with Gasteiger partial charge in [0.2, 0.25) is 0 Å². The fraction of sp³-hybridized carbons (Fsp3) is 0.345. The van der Waals surface area contributed by atoms with Crippen LogP contribution in [-0.4, -0.2) is 26.7 Å². The molecule has 0 saturated heterocycles. The van der Waals surface area contributed by atoms with Crippen LogP contribution in [0.2, 0.25) is 0 Å². The van der Waals surface area contributed by atoms with Gasteiger partial charge >= 0.3 is 11.7 Å². The predicted octanol–water partition coefficient (Wildman–Crippen LogP) is 6.13. The van der Waals surface area contributed by atoms with E-state index in [1.165, 1.54) is 17.8 Å². The molecule has 0 saturated carbocycles. The Morgan fingerprint density at radius 2 is 1.97 bits per heavy atom. The summed E-state index contributed by atoms with van der Waals surface area (Å²) in [6.07, 6.45) is 7.88. The Hall–Kier alpha value is -4.07. The number of hydrogen-bond donors (Lipinski definition) is 3. The largest absolute Gasteiger partial charge is 0.507 e. The molecule has 3 aromatic rings. The lowest BCUT2D eigenvalue weighted by molar-refractivity contribution is 0.102. The van der Waals surface area contributed by atoms with Crippen molar-refractivity contribution in [2.75, 3.05) is 0 Å². The number of carbonyl (C=O) groups is 2. The van der Waals surface area contributed by atoms with Gasteiger partial charge in [0.1, 0.15) is 17.1 Å². The lowest BCUT2D eigenvalue weighted by atomic mass is 9.99. The zero-order valence-electron chi connectivity index (χ0n) is 21.7. The molecule has 3 N–H and O–H groups in total. The topological polar surface area (TPSA) is 122 Å². The number of rotatable bonds is 11. The number of fused-ring (bicyclic) bond motifs is 1. The zero-order valence-corrected chi connectivity index (χ0v) is 21.7. The van der Waals surface area contributed by atoms with Crippen LogP contribution in [0.1, 0.15) is 79.7 Å². The number of amides is 1. The van der Waals surface area contributed by atoms with Crippen LogP contribution in [0.3, 0.4) is 0 Å². The molecule has 0 bridgehead atoms. The molecule has 1 aromatic carbocycles. The molecule has 0 fully saturated rings. The maximum atomic E-state index is 13.1. The lowest BCUT2D eigenvalue weighted by Crippen LogP contribution is -2.16. The van der Waals surface area contributed by atoms with E-state index in [-0.39, 0.29) is 11.7 Å². The van der Waals surface area contributed by atoms with Crippen LogP contribution in [0.25, 0.3) is 17.0 Å². The second kappa shape index (κ2) is 12.3. The van der Waals surface area contributed by atoms with Gasteiger partial charge < -0.3 is 19.2 Å². The molecule has 0 aliphatic heterocycles. The number of carboxylic acid groups (broad SMARTS) is 1. The van der Waals surface area contributed by atoms with Crippen molar-refractivity contribution in [1.82, 2.24) is 9.88 Å². The Labute approximate surface area is 215 Å². The molecule has 8 heteroatoms. The minimum atomic E-state index is -1.15. The molecule has 2 heterocycles. The molecule has 196 valence electrons. The Bertz CT molecular complexity index is 1410. The van der Waals surface area contributed by atoms with E-state index in [9.17, 15) is 19.5 Å². The SMILES string of the molecule is CCCCc1ccc2c(c1)cc(C=C(C)C(=O)c1c(O)cc(C(C)CCC=CNC(=O)O)oc1=O)n2C. The average molecular weight is 507 g/mol. The Morgan fingerprint density at radius 1 is 1.22 bits per heavy atom. The van der Waals surface area contributed by atoms with Crippen molar-refractivity contribution >= 4 is 28.9 Å². The second-order valence-corrected chi connectivity index (χ2v) is 9.31. The van der Waals surface area contributed by atoms with Crippen LogP contribution in [0.5, 0.6) is 5.75 Å². The first-order valence-corrected chi connectivity index (χ1v) is 12.4. The molecule has 8 nitrogen and oxygen atoms in total. The van der Waals surface area contributed by atoms with Crippen LogP contribution in [0.4, 0.5) is 4.79 Å². The number of aryl methyl sites for hydroxylation is 2. The first-order chi connectivity index (χ1) is 17.6. The normalized spacial score (nSPS) is 12.8. The van der Waals surface area contributed by atoms with Gasteiger partial charge in [0.15, 0.2) is 5.78 Å². The first kappa shape index (κ1) is 27.5. The third-order valence-corrected chi connectivity index (χ3v) is 6.44. The average Bonchev–Trinajstić information content (AvgIpc) is 3.15. The van der Waals surface area contributed by atoms with Crippen molar-refractivity contribution < 1.29 is 24.2 Å². The van der Waals surface area contributed by atoms with E-state index in [0.29, 0.717) is 18.4 Å². The van der Waals surface area contributed by atoms with E-state index in [0.717, 1.165) is 35.9 Å². The van der Waals surface area contributed by atoms with Crippen molar-refractivity contribution in [3.05, 3.63) is 81.2 Å². The summed E-state index contributed by atoms with van der Waals surface area (Å²) < 4.78 is 7.37. The quantitative estimate of drug-likeness (QED) is 0.212. The number of aromatic nitrogens is 1. The Morgan fingerprint density at radius 3 is 2.65 bits per heavy atom. The van der Waals surface area contributed by atoms with E-state index in [1.54, 1.807) is 19.1 Å². The fourth-order valence-corrected chi connectivity index (χ4v) is 4.23. The number of benzene rings is 1. The number of nitrogens with one attached hydrogen (secondary N) is 1. The van der Waals surface area contributed by atoms with Crippen LogP contribution in [-0.2, 0) is 13.5 Å². The molecule has 1 unspecified atom stereocenters. The van der Waals surface area contributed by atoms with Gasteiger partial charge in [-0.1, -0.05) is 32.4 Å². The lowest BCUT2D eigenvalue weighted by Gasteiger charge is -2.11.